The van der Waals surface area contributed by atoms with Crippen LogP contribution < -0.4 is 0 Å². The van der Waals surface area contributed by atoms with E-state index >= 15 is 0 Å². The van der Waals surface area contributed by atoms with Gasteiger partial charge in [0.25, 0.3) is 0 Å². The molecule has 0 bridgehead atoms. The first kappa shape index (κ1) is 11.4. The van der Waals surface area contributed by atoms with E-state index in [1.165, 1.54) is 0 Å². The number of hydrogen-bond acceptors (Lipinski definition) is 2. The normalized spacial score (nSPS) is 13.6. The summed E-state index contributed by atoms with van der Waals surface area (Å²) in [5.74, 6) is 0.154. The number of rotatable bonds is 6. The second kappa shape index (κ2) is 7.04. The molecule has 0 fully saturated rings. The number of carbonyl (C=O) groups is 1. The molecule has 0 aliphatic heterocycles. The predicted molar refractivity (Wildman–Crippen MR) is 50.0 cm³/mol. The fourth-order valence-electron chi connectivity index (χ4n) is 0.985. The van der Waals surface area contributed by atoms with E-state index in [1.54, 1.807) is 12.2 Å². The monoisotopic (exact) mass is 170 g/mol. The number of hydrogen-bond donors (Lipinski definition) is 1. The number of allylic oxidation sites excluding steroid dienone is 2. The van der Waals surface area contributed by atoms with E-state index in [2.05, 4.69) is 0 Å². The highest BCUT2D eigenvalue weighted by Crippen LogP contribution is 2.04. The lowest BCUT2D eigenvalue weighted by Crippen LogP contribution is -2.04. The molecule has 0 heterocycles. The Hall–Kier alpha value is -0.630. The Kier molecular flexibility index (Phi) is 6.67. The van der Waals surface area contributed by atoms with E-state index < -0.39 is 0 Å². The summed E-state index contributed by atoms with van der Waals surface area (Å²) in [6, 6.07) is 0. The van der Waals surface area contributed by atoms with Crippen molar-refractivity contribution < 1.29 is 9.90 Å². The largest absolute Gasteiger partial charge is 0.393 e. The van der Waals surface area contributed by atoms with E-state index in [4.69, 9.17) is 0 Å². The highest BCUT2D eigenvalue weighted by molar-refractivity contribution is 5.89. The lowest BCUT2D eigenvalue weighted by molar-refractivity contribution is -0.114. The summed E-state index contributed by atoms with van der Waals surface area (Å²) in [6.07, 6.45) is 5.96. The summed E-state index contributed by atoms with van der Waals surface area (Å²) in [7, 11) is 0. The average molecular weight is 170 g/mol. The van der Waals surface area contributed by atoms with Crippen molar-refractivity contribution in [2.45, 2.75) is 45.6 Å². The minimum absolute atomic E-state index is 0.154. The molecule has 2 heteroatoms. The van der Waals surface area contributed by atoms with E-state index in [9.17, 15) is 9.90 Å². The Bertz CT molecular complexity index is 150. The SMILES string of the molecule is C/C=C/C(=O)CCCC(O)CC. The molecule has 70 valence electrons. The Morgan fingerprint density at radius 3 is 2.75 bits per heavy atom. The van der Waals surface area contributed by atoms with Crippen molar-refractivity contribution in [1.82, 2.24) is 0 Å². The third-order valence-corrected chi connectivity index (χ3v) is 1.78. The van der Waals surface area contributed by atoms with Crippen LogP contribution in [0.2, 0.25) is 0 Å². The van der Waals surface area contributed by atoms with Crippen LogP contribution in [0.5, 0.6) is 0 Å². The second-order valence-corrected chi connectivity index (χ2v) is 2.92. The van der Waals surface area contributed by atoms with Gasteiger partial charge in [-0.25, -0.2) is 0 Å². The maximum Gasteiger partial charge on any atom is 0.155 e. The Labute approximate surface area is 74.3 Å². The van der Waals surface area contributed by atoms with Gasteiger partial charge in [-0.15, -0.1) is 0 Å². The van der Waals surface area contributed by atoms with Gasteiger partial charge in [0.05, 0.1) is 6.10 Å². The van der Waals surface area contributed by atoms with Gasteiger partial charge >= 0.3 is 0 Å². The average Bonchev–Trinajstić information content (AvgIpc) is 2.04. The summed E-state index contributed by atoms with van der Waals surface area (Å²) >= 11 is 0. The quantitative estimate of drug-likeness (QED) is 0.620. The van der Waals surface area contributed by atoms with Gasteiger partial charge in [0.2, 0.25) is 0 Å². The summed E-state index contributed by atoms with van der Waals surface area (Å²) in [5, 5.41) is 9.17. The van der Waals surface area contributed by atoms with Crippen LogP contribution in [0, 0.1) is 0 Å². The molecule has 0 saturated heterocycles. The van der Waals surface area contributed by atoms with Crippen molar-refractivity contribution in [2.24, 2.45) is 0 Å². The first-order chi connectivity index (χ1) is 5.70. The van der Waals surface area contributed by atoms with E-state index in [0.29, 0.717) is 6.42 Å². The smallest absolute Gasteiger partial charge is 0.155 e. The van der Waals surface area contributed by atoms with Crippen LogP contribution in [-0.4, -0.2) is 17.0 Å². The number of aliphatic hydroxyl groups excluding tert-OH is 1. The molecule has 12 heavy (non-hydrogen) atoms. The van der Waals surface area contributed by atoms with Crippen LogP contribution in [0.3, 0.4) is 0 Å². The van der Waals surface area contributed by atoms with Crippen LogP contribution >= 0.6 is 0 Å². The molecule has 1 atom stereocenters. The molecule has 0 aromatic heterocycles. The van der Waals surface area contributed by atoms with Gasteiger partial charge in [-0.3, -0.25) is 4.79 Å². The summed E-state index contributed by atoms with van der Waals surface area (Å²) < 4.78 is 0. The molecule has 0 radical (unpaired) electrons. The fourth-order valence-corrected chi connectivity index (χ4v) is 0.985. The molecule has 0 saturated carbocycles. The molecular formula is C10H18O2. The van der Waals surface area contributed by atoms with Crippen molar-refractivity contribution in [3.63, 3.8) is 0 Å². The van der Waals surface area contributed by atoms with Gasteiger partial charge in [0.15, 0.2) is 5.78 Å². The summed E-state index contributed by atoms with van der Waals surface area (Å²) in [6.45, 7) is 3.78. The van der Waals surface area contributed by atoms with Gasteiger partial charge in [-0.05, 0) is 32.3 Å². The van der Waals surface area contributed by atoms with Crippen molar-refractivity contribution in [3.8, 4) is 0 Å². The second-order valence-electron chi connectivity index (χ2n) is 2.92. The zero-order valence-electron chi connectivity index (χ0n) is 7.92. The highest BCUT2D eigenvalue weighted by atomic mass is 16.3. The Morgan fingerprint density at radius 2 is 2.25 bits per heavy atom. The number of aliphatic hydroxyl groups is 1. The molecule has 1 unspecified atom stereocenters. The minimum atomic E-state index is -0.233. The molecule has 1 N–H and O–H groups in total. The highest BCUT2D eigenvalue weighted by Gasteiger charge is 2.01. The van der Waals surface area contributed by atoms with Crippen molar-refractivity contribution in [3.05, 3.63) is 12.2 Å². The molecule has 0 aromatic rings. The van der Waals surface area contributed by atoms with Crippen molar-refractivity contribution in [2.75, 3.05) is 0 Å². The zero-order chi connectivity index (χ0) is 9.40. The van der Waals surface area contributed by atoms with Crippen LogP contribution in [0.1, 0.15) is 39.5 Å². The van der Waals surface area contributed by atoms with Gasteiger partial charge in [0, 0.05) is 6.42 Å². The van der Waals surface area contributed by atoms with Crippen LogP contribution in [0.25, 0.3) is 0 Å². The van der Waals surface area contributed by atoms with Gasteiger partial charge < -0.3 is 5.11 Å². The summed E-state index contributed by atoms with van der Waals surface area (Å²) in [4.78, 5) is 10.9. The zero-order valence-corrected chi connectivity index (χ0v) is 7.92. The predicted octanol–water partition coefficient (Wildman–Crippen LogP) is 2.07. The molecule has 0 rings (SSSR count). The van der Waals surface area contributed by atoms with Gasteiger partial charge in [-0.1, -0.05) is 13.0 Å². The third-order valence-electron chi connectivity index (χ3n) is 1.78. The molecule has 0 aliphatic rings. The molecule has 0 aliphatic carbocycles. The first-order valence-electron chi connectivity index (χ1n) is 4.54. The third kappa shape index (κ3) is 6.10. The number of ketones is 1. The van der Waals surface area contributed by atoms with Gasteiger partial charge in [0.1, 0.15) is 0 Å². The Balaban J connectivity index is 3.37. The maximum absolute atomic E-state index is 10.9. The molecular weight excluding hydrogens is 152 g/mol. The van der Waals surface area contributed by atoms with Crippen molar-refractivity contribution in [1.29, 1.82) is 0 Å². The first-order valence-corrected chi connectivity index (χ1v) is 4.54. The minimum Gasteiger partial charge on any atom is -0.393 e. The molecule has 0 aromatic carbocycles. The number of carbonyl (C=O) groups excluding carboxylic acids is 1. The van der Waals surface area contributed by atoms with Gasteiger partial charge in [-0.2, -0.15) is 0 Å². The van der Waals surface area contributed by atoms with Crippen molar-refractivity contribution >= 4 is 5.78 Å². The fraction of sp³-hybridized carbons (Fsp3) is 0.700. The van der Waals surface area contributed by atoms with Crippen LogP contribution in [-0.2, 0) is 4.79 Å². The Morgan fingerprint density at radius 1 is 1.58 bits per heavy atom. The standard InChI is InChI=1S/C10H18O2/c1-3-6-10(12)8-5-7-9(11)4-2/h3,6,9,11H,4-5,7-8H2,1-2H3/b6-3+. The topological polar surface area (TPSA) is 37.3 Å². The van der Waals surface area contributed by atoms with Crippen LogP contribution in [0.4, 0.5) is 0 Å². The van der Waals surface area contributed by atoms with E-state index in [0.717, 1.165) is 19.3 Å². The lowest BCUT2D eigenvalue weighted by Gasteiger charge is -2.04. The molecule has 2 nitrogen and oxygen atoms in total. The van der Waals surface area contributed by atoms with E-state index in [-0.39, 0.29) is 11.9 Å². The summed E-state index contributed by atoms with van der Waals surface area (Å²) in [5.41, 5.74) is 0. The van der Waals surface area contributed by atoms with E-state index in [1.807, 2.05) is 13.8 Å². The lowest BCUT2D eigenvalue weighted by atomic mass is 10.1. The van der Waals surface area contributed by atoms with Crippen LogP contribution in [0.15, 0.2) is 12.2 Å². The molecule has 0 amide bonds. The molecule has 0 spiro atoms. The maximum atomic E-state index is 10.9.